The second-order valence-corrected chi connectivity index (χ2v) is 11.2. The minimum atomic E-state index is -0.564. The van der Waals surface area contributed by atoms with Crippen molar-refractivity contribution in [2.45, 2.75) is 24.0 Å². The van der Waals surface area contributed by atoms with E-state index in [4.69, 9.17) is 4.52 Å². The van der Waals surface area contributed by atoms with Crippen LogP contribution in [0.2, 0.25) is 0 Å². The third-order valence-electron chi connectivity index (χ3n) is 6.47. The normalized spacial score (nSPS) is 11.8. The molecule has 0 spiro atoms. The van der Waals surface area contributed by atoms with E-state index in [1.807, 2.05) is 79.7 Å². The molecular formula is C35H30N4O4S. The van der Waals surface area contributed by atoms with Crippen molar-refractivity contribution < 1.29 is 18.9 Å². The summed E-state index contributed by atoms with van der Waals surface area (Å²) in [6.45, 7) is 3.71. The molecule has 44 heavy (non-hydrogen) atoms. The predicted octanol–water partition coefficient (Wildman–Crippen LogP) is 7.17. The second kappa shape index (κ2) is 14.2. The maximum atomic E-state index is 13.4. The third kappa shape index (κ3) is 8.11. The summed E-state index contributed by atoms with van der Waals surface area (Å²) >= 11 is 1.37. The van der Waals surface area contributed by atoms with Crippen LogP contribution < -0.4 is 16.0 Å². The van der Waals surface area contributed by atoms with Gasteiger partial charge in [-0.25, -0.2) is 0 Å². The van der Waals surface area contributed by atoms with Gasteiger partial charge in [0.25, 0.3) is 11.8 Å². The SMILES string of the molecule is Cc1cccc(/C=C(\NC(=O)c2ccccc2)C(=O)Nc2ccc(SC(C(=O)Nc3cc(C)on3)c3ccccc3)cc2)c1. The molecule has 0 bridgehead atoms. The Balaban J connectivity index is 1.32. The molecule has 3 amide bonds. The maximum absolute atomic E-state index is 13.4. The van der Waals surface area contributed by atoms with Crippen LogP contribution >= 0.6 is 11.8 Å². The molecule has 0 saturated heterocycles. The van der Waals surface area contributed by atoms with E-state index in [9.17, 15) is 14.4 Å². The fourth-order valence-electron chi connectivity index (χ4n) is 4.34. The Kier molecular flexibility index (Phi) is 9.68. The first kappa shape index (κ1) is 30.1. The lowest BCUT2D eigenvalue weighted by atomic mass is 10.1. The van der Waals surface area contributed by atoms with Crippen LogP contribution in [0.4, 0.5) is 11.5 Å². The molecule has 0 radical (unpaired) electrons. The van der Waals surface area contributed by atoms with Crippen LogP contribution in [0.25, 0.3) is 6.08 Å². The predicted molar refractivity (Wildman–Crippen MR) is 173 cm³/mol. The number of carbonyl (C=O) groups excluding carboxylic acids is 3. The van der Waals surface area contributed by atoms with Crippen molar-refractivity contribution in [2.24, 2.45) is 0 Å². The summed E-state index contributed by atoms with van der Waals surface area (Å²) in [5.74, 6) is -0.163. The number of thioether (sulfide) groups is 1. The highest BCUT2D eigenvalue weighted by molar-refractivity contribution is 8.00. The van der Waals surface area contributed by atoms with Gasteiger partial charge in [-0.15, -0.1) is 11.8 Å². The molecule has 0 fully saturated rings. The number of rotatable bonds is 10. The van der Waals surface area contributed by atoms with Crippen LogP contribution in [-0.2, 0) is 9.59 Å². The number of aromatic nitrogens is 1. The summed E-state index contributed by atoms with van der Waals surface area (Å²) in [7, 11) is 0. The minimum absolute atomic E-state index is 0.104. The number of nitrogens with zero attached hydrogens (tertiary/aromatic N) is 1. The molecule has 220 valence electrons. The molecule has 1 unspecified atom stereocenters. The van der Waals surface area contributed by atoms with Crippen LogP contribution in [0.5, 0.6) is 0 Å². The summed E-state index contributed by atoms with van der Waals surface area (Å²) in [6, 6.07) is 34.6. The molecular weight excluding hydrogens is 572 g/mol. The van der Waals surface area contributed by atoms with Crippen LogP contribution in [-0.4, -0.2) is 22.9 Å². The summed E-state index contributed by atoms with van der Waals surface area (Å²) < 4.78 is 5.08. The number of hydrogen-bond acceptors (Lipinski definition) is 6. The molecule has 5 rings (SSSR count). The molecule has 1 heterocycles. The van der Waals surface area contributed by atoms with Gasteiger partial charge in [0.15, 0.2) is 5.82 Å². The molecule has 0 aliphatic carbocycles. The molecule has 0 saturated carbocycles. The summed E-state index contributed by atoms with van der Waals surface area (Å²) in [4.78, 5) is 40.4. The van der Waals surface area contributed by atoms with Crippen molar-refractivity contribution in [3.63, 3.8) is 0 Å². The van der Waals surface area contributed by atoms with Crippen molar-refractivity contribution in [1.29, 1.82) is 0 Å². The van der Waals surface area contributed by atoms with Crippen molar-refractivity contribution in [3.8, 4) is 0 Å². The van der Waals surface area contributed by atoms with Gasteiger partial charge in [0.05, 0.1) is 0 Å². The van der Waals surface area contributed by atoms with E-state index in [0.29, 0.717) is 22.8 Å². The summed E-state index contributed by atoms with van der Waals surface area (Å²) in [6.07, 6.45) is 1.65. The smallest absolute Gasteiger partial charge is 0.272 e. The number of nitrogens with one attached hydrogen (secondary N) is 3. The number of benzene rings is 4. The van der Waals surface area contributed by atoms with Crippen molar-refractivity contribution in [1.82, 2.24) is 10.5 Å². The van der Waals surface area contributed by atoms with E-state index in [1.165, 1.54) is 11.8 Å². The van der Waals surface area contributed by atoms with Crippen LogP contribution in [0, 0.1) is 13.8 Å². The summed E-state index contributed by atoms with van der Waals surface area (Å²) in [5, 5.41) is 11.8. The van der Waals surface area contributed by atoms with Crippen LogP contribution in [0.3, 0.4) is 0 Å². The molecule has 1 atom stereocenters. The highest BCUT2D eigenvalue weighted by Crippen LogP contribution is 2.36. The topological polar surface area (TPSA) is 113 Å². The minimum Gasteiger partial charge on any atom is -0.360 e. The lowest BCUT2D eigenvalue weighted by Gasteiger charge is -2.16. The Morgan fingerprint density at radius 1 is 0.795 bits per heavy atom. The van der Waals surface area contributed by atoms with E-state index < -0.39 is 17.1 Å². The Morgan fingerprint density at radius 2 is 1.50 bits per heavy atom. The number of amides is 3. The zero-order valence-corrected chi connectivity index (χ0v) is 24.9. The van der Waals surface area contributed by atoms with Crippen molar-refractivity contribution >= 4 is 47.1 Å². The quantitative estimate of drug-likeness (QED) is 0.115. The van der Waals surface area contributed by atoms with Gasteiger partial charge >= 0.3 is 0 Å². The fourth-order valence-corrected chi connectivity index (χ4v) is 5.36. The highest BCUT2D eigenvalue weighted by Gasteiger charge is 2.23. The maximum Gasteiger partial charge on any atom is 0.272 e. The van der Waals surface area contributed by atoms with E-state index in [1.54, 1.807) is 55.5 Å². The van der Waals surface area contributed by atoms with Crippen LogP contribution in [0.15, 0.2) is 130 Å². The van der Waals surface area contributed by atoms with Gasteiger partial charge in [-0.05, 0) is 67.4 Å². The first-order valence-electron chi connectivity index (χ1n) is 13.9. The summed E-state index contributed by atoms with van der Waals surface area (Å²) in [5.41, 5.74) is 3.70. The third-order valence-corrected chi connectivity index (χ3v) is 7.73. The largest absolute Gasteiger partial charge is 0.360 e. The zero-order valence-electron chi connectivity index (χ0n) is 24.1. The average molecular weight is 603 g/mol. The van der Waals surface area contributed by atoms with Gasteiger partial charge in [0, 0.05) is 22.2 Å². The monoisotopic (exact) mass is 602 g/mol. The Morgan fingerprint density at radius 3 is 2.16 bits per heavy atom. The average Bonchev–Trinajstić information content (AvgIpc) is 3.45. The number of aryl methyl sites for hydroxylation is 2. The van der Waals surface area contributed by atoms with Gasteiger partial charge in [-0.1, -0.05) is 83.5 Å². The lowest BCUT2D eigenvalue weighted by molar-refractivity contribution is -0.116. The molecule has 0 aliphatic heterocycles. The van der Waals surface area contributed by atoms with Crippen molar-refractivity contribution in [2.75, 3.05) is 10.6 Å². The zero-order chi connectivity index (χ0) is 30.9. The molecule has 1 aromatic heterocycles. The molecule has 4 aromatic carbocycles. The van der Waals surface area contributed by atoms with Gasteiger partial charge in [-0.2, -0.15) is 0 Å². The van der Waals surface area contributed by atoms with Crippen molar-refractivity contribution in [3.05, 3.63) is 149 Å². The Labute approximate surface area is 259 Å². The van der Waals surface area contributed by atoms with E-state index in [2.05, 4.69) is 21.1 Å². The first-order valence-corrected chi connectivity index (χ1v) is 14.7. The van der Waals surface area contributed by atoms with E-state index in [0.717, 1.165) is 21.6 Å². The number of carbonyl (C=O) groups is 3. The van der Waals surface area contributed by atoms with Gasteiger partial charge in [-0.3, -0.25) is 14.4 Å². The first-order chi connectivity index (χ1) is 21.3. The molecule has 5 aromatic rings. The molecule has 9 heteroatoms. The Bertz CT molecular complexity index is 1780. The van der Waals surface area contributed by atoms with Crippen LogP contribution in [0.1, 0.15) is 38.1 Å². The number of hydrogen-bond donors (Lipinski definition) is 3. The fraction of sp³-hybridized carbons (Fsp3) is 0.0857. The van der Waals surface area contributed by atoms with Gasteiger partial charge in [0.2, 0.25) is 5.91 Å². The Hall–Kier alpha value is -5.41. The highest BCUT2D eigenvalue weighted by atomic mass is 32.2. The van der Waals surface area contributed by atoms with E-state index in [-0.39, 0.29) is 11.6 Å². The molecule has 8 nitrogen and oxygen atoms in total. The second-order valence-electron chi connectivity index (χ2n) is 9.99. The molecule has 0 aliphatic rings. The lowest BCUT2D eigenvalue weighted by Crippen LogP contribution is -2.30. The molecule has 3 N–H and O–H groups in total. The standard InChI is InChI=1S/C35H30N4O4S/c1-23-10-9-11-25(20-23)22-30(37-33(40)27-14-7-4-8-15-27)34(41)36-28-16-18-29(19-17-28)44-32(26-12-5-3-6-13-26)35(42)38-31-21-24(2)43-39-31/h3-22,32H,1-2H3,(H,36,41)(H,37,40)(H,38,39,42)/b30-22-. The van der Waals surface area contributed by atoms with E-state index >= 15 is 0 Å². The van der Waals surface area contributed by atoms with Gasteiger partial charge in [0.1, 0.15) is 16.7 Å². The van der Waals surface area contributed by atoms with Gasteiger partial charge < -0.3 is 20.5 Å². The number of anilines is 2.